The van der Waals surface area contributed by atoms with Gasteiger partial charge in [0, 0.05) is 53.2 Å². The van der Waals surface area contributed by atoms with Gasteiger partial charge in [0.2, 0.25) is 0 Å². The van der Waals surface area contributed by atoms with Crippen LogP contribution in [0.5, 0.6) is 0 Å². The quantitative estimate of drug-likeness (QED) is 0.0950. The summed E-state index contributed by atoms with van der Waals surface area (Å²) in [7, 11) is 0. The van der Waals surface area contributed by atoms with Crippen LogP contribution < -0.4 is 4.90 Å². The smallest absolute Gasteiger partial charge is 0.311 e. The Morgan fingerprint density at radius 1 is 0.463 bits per heavy atom. The van der Waals surface area contributed by atoms with Crippen molar-refractivity contribution in [1.82, 2.24) is 19.9 Å². The van der Waals surface area contributed by atoms with Crippen molar-refractivity contribution in [2.45, 2.75) is 32.6 Å². The minimum absolute atomic E-state index is 0. The fraction of sp³-hybridized carbons (Fsp3) is 0.130. The molecule has 8 heteroatoms. The summed E-state index contributed by atoms with van der Waals surface area (Å²) in [6, 6.07) is 44.2. The Morgan fingerprint density at radius 2 is 1.00 bits per heavy atom. The molecule has 1 aliphatic rings. The van der Waals surface area contributed by atoms with Crippen LogP contribution in [0.4, 0.5) is 11.6 Å². The van der Waals surface area contributed by atoms with Gasteiger partial charge in [-0.1, -0.05) is 123 Å². The van der Waals surface area contributed by atoms with E-state index in [2.05, 4.69) is 68.2 Å². The zero-order chi connectivity index (χ0) is 36.4. The average Bonchev–Trinajstić information content (AvgIpc) is 3.23. The average molecular weight is 795 g/mol. The Morgan fingerprint density at radius 3 is 1.61 bits per heavy atom. The molecule has 0 radical (unpaired) electrons. The van der Waals surface area contributed by atoms with E-state index in [-0.39, 0.29) is 19.5 Å². The van der Waals surface area contributed by atoms with Crippen molar-refractivity contribution in [3.63, 3.8) is 0 Å². The Kier molecular flexibility index (Phi) is 12.7. The Balaban J connectivity index is 0.000000139. The fourth-order valence-electron chi connectivity index (χ4n) is 6.71. The third kappa shape index (κ3) is 8.30. The molecule has 2 N–H and O–H groups in total. The topological polar surface area (TPSA) is 102 Å². The van der Waals surface area contributed by atoms with Crippen molar-refractivity contribution in [2.75, 3.05) is 11.4 Å². The van der Waals surface area contributed by atoms with Crippen molar-refractivity contribution in [3.05, 3.63) is 169 Å². The van der Waals surface area contributed by atoms with Crippen molar-refractivity contribution in [2.24, 2.45) is 0 Å². The van der Waals surface area contributed by atoms with Crippen LogP contribution in [-0.2, 0) is 19.5 Å². The number of benzene rings is 4. The van der Waals surface area contributed by atoms with Gasteiger partial charge in [-0.3, -0.25) is 20.8 Å². The van der Waals surface area contributed by atoms with E-state index in [1.54, 1.807) is 12.4 Å². The molecule has 0 spiro atoms. The molecule has 0 fully saturated rings. The molecule has 4 heterocycles. The van der Waals surface area contributed by atoms with Crippen LogP contribution in [-0.4, -0.2) is 37.9 Å². The molecule has 7 nitrogen and oxygen atoms in total. The van der Waals surface area contributed by atoms with Gasteiger partial charge in [-0.05, 0) is 64.7 Å². The van der Waals surface area contributed by atoms with E-state index in [4.69, 9.17) is 10.8 Å². The van der Waals surface area contributed by atoms with Gasteiger partial charge in [-0.2, -0.15) is 0 Å². The normalized spacial score (nSPS) is 11.4. The number of unbranched alkanes of at least 4 members (excludes halogenated alkanes) is 3. The van der Waals surface area contributed by atoms with E-state index in [1.807, 2.05) is 109 Å². The van der Waals surface area contributed by atoms with Gasteiger partial charge in [0.05, 0.1) is 22.5 Å². The van der Waals surface area contributed by atoms with Crippen LogP contribution in [0, 0.1) is 10.8 Å². The van der Waals surface area contributed by atoms with E-state index in [1.165, 1.54) is 25.7 Å². The van der Waals surface area contributed by atoms with E-state index in [0.717, 1.165) is 73.0 Å². The van der Waals surface area contributed by atoms with Gasteiger partial charge in [-0.25, -0.2) is 9.97 Å². The predicted molar refractivity (Wildman–Crippen MR) is 220 cm³/mol. The molecule has 54 heavy (non-hydrogen) atoms. The zero-order valence-electron chi connectivity index (χ0n) is 30.1. The molecule has 0 bridgehead atoms. The second kappa shape index (κ2) is 18.2. The fourth-order valence-corrected chi connectivity index (χ4v) is 6.71. The summed E-state index contributed by atoms with van der Waals surface area (Å²) in [5, 5.41) is 21.1. The molecule has 8 aromatic rings. The van der Waals surface area contributed by atoms with E-state index < -0.39 is 0 Å². The summed E-state index contributed by atoms with van der Waals surface area (Å²) < 4.78 is 0. The summed E-state index contributed by atoms with van der Waals surface area (Å²) >= 11 is 0. The van der Waals surface area contributed by atoms with E-state index >= 15 is 0 Å². The second-order valence-corrected chi connectivity index (χ2v) is 12.8. The molecular formula is C46H41N7Rh+3. The van der Waals surface area contributed by atoms with Crippen LogP contribution in [0.1, 0.15) is 43.7 Å². The number of nitrogens with zero attached hydrogens (tertiary/aromatic N) is 5. The van der Waals surface area contributed by atoms with Crippen molar-refractivity contribution >= 4 is 55.6 Å². The molecule has 4 aromatic heterocycles. The third-order valence-electron chi connectivity index (χ3n) is 9.35. The summed E-state index contributed by atoms with van der Waals surface area (Å²) in [5.41, 5.74) is 6.41. The second-order valence-electron chi connectivity index (χ2n) is 12.8. The molecule has 0 saturated heterocycles. The molecule has 0 unspecified atom stereocenters. The largest absolute Gasteiger partial charge is 3.00 e. The zero-order valence-corrected chi connectivity index (χ0v) is 31.8. The summed E-state index contributed by atoms with van der Waals surface area (Å²) in [5.74, 6) is 1.94. The van der Waals surface area contributed by atoms with Gasteiger partial charge in [0.15, 0.2) is 0 Å². The first-order chi connectivity index (χ1) is 26.1. The number of pyridine rings is 4. The van der Waals surface area contributed by atoms with Gasteiger partial charge < -0.3 is 4.90 Å². The first kappa shape index (κ1) is 37.8. The Hall–Kier alpha value is -5.98. The van der Waals surface area contributed by atoms with Gasteiger partial charge >= 0.3 is 19.5 Å². The van der Waals surface area contributed by atoms with Crippen LogP contribution in [0.25, 0.3) is 43.7 Å². The summed E-state index contributed by atoms with van der Waals surface area (Å²) in [4.78, 5) is 19.8. The molecule has 4 aromatic carbocycles. The van der Waals surface area contributed by atoms with Crippen LogP contribution >= 0.6 is 0 Å². The van der Waals surface area contributed by atoms with E-state index in [0.29, 0.717) is 11.4 Å². The molecular weight excluding hydrogens is 753 g/mol. The minimum Gasteiger partial charge on any atom is -0.311 e. The number of hydrogen-bond acceptors (Lipinski definition) is 7. The predicted octanol–water partition coefficient (Wildman–Crippen LogP) is 11.2. The Bertz CT molecular complexity index is 2410. The number of nitrogens with one attached hydrogen (secondary N) is 2. The van der Waals surface area contributed by atoms with Crippen molar-refractivity contribution in [3.8, 4) is 11.1 Å². The van der Waals surface area contributed by atoms with Crippen molar-refractivity contribution < 1.29 is 19.5 Å². The van der Waals surface area contributed by atoms with Gasteiger partial charge in [-0.15, -0.1) is 0 Å². The number of aromatic nitrogens is 4. The van der Waals surface area contributed by atoms with Gasteiger partial charge in [0.1, 0.15) is 11.6 Å². The number of rotatable bonds is 7. The molecule has 266 valence electrons. The van der Waals surface area contributed by atoms with Crippen LogP contribution in [0.15, 0.2) is 158 Å². The molecule has 0 amide bonds. The minimum atomic E-state index is 0. The number of anilines is 2. The molecule has 0 aliphatic heterocycles. The maximum atomic E-state index is 8.36. The van der Waals surface area contributed by atoms with Crippen LogP contribution in [0.2, 0.25) is 0 Å². The first-order valence-electron chi connectivity index (χ1n) is 18.1. The number of fused-ring (bicyclic) bond motifs is 8. The van der Waals surface area contributed by atoms with Gasteiger partial charge in [0.25, 0.3) is 0 Å². The standard InChI is InChI=1S/C18H12N2.C16H21N3.C12H8N2.Rh/c19-17-15-8-4-3-7-13(15)14-10-9-11-5-1-2-6-12(11)16(14)18(17)20;1-2-3-4-9-14-19(15-10-5-7-12-17-15)16-11-6-8-13-18-16;1-3-9-5-6-10-4-2-8-14-12(10)11(9)13-7-1;/h1-10,19-20H;5-8,10-13H,2-4,9,14H2,1H3;1-8H;/q;;;+3. The Labute approximate surface area is 329 Å². The molecule has 0 saturated carbocycles. The molecule has 0 atom stereocenters. The van der Waals surface area contributed by atoms with Crippen LogP contribution in [0.3, 0.4) is 0 Å². The maximum Gasteiger partial charge on any atom is 3.00 e. The summed E-state index contributed by atoms with van der Waals surface area (Å²) in [6.07, 6.45) is 12.2. The monoisotopic (exact) mass is 794 g/mol. The molecule has 9 rings (SSSR count). The summed E-state index contributed by atoms with van der Waals surface area (Å²) in [6.45, 7) is 3.20. The number of hydrogen-bond donors (Lipinski definition) is 2. The maximum absolute atomic E-state index is 8.36. The van der Waals surface area contributed by atoms with E-state index in [9.17, 15) is 0 Å². The van der Waals surface area contributed by atoms with Crippen molar-refractivity contribution in [1.29, 1.82) is 10.8 Å². The third-order valence-corrected chi connectivity index (χ3v) is 9.35. The first-order valence-corrected chi connectivity index (χ1v) is 18.1. The SMILES string of the molecule is CCCCCCN(c1ccccn1)c1ccccn1.N=C1C(=N)c2c(ccc3ccccc23)-c2ccccc21.[Rh+3].c1cnc2c(c1)ccc1cccnc12. The molecule has 1 aliphatic carbocycles.